The molecule has 0 saturated heterocycles. The lowest BCUT2D eigenvalue weighted by Crippen LogP contribution is -2.26. The highest BCUT2D eigenvalue weighted by Crippen LogP contribution is 2.37. The lowest BCUT2D eigenvalue weighted by Gasteiger charge is -2.18. The Morgan fingerprint density at radius 2 is 2.22 bits per heavy atom. The van der Waals surface area contributed by atoms with Crippen molar-refractivity contribution in [1.29, 1.82) is 0 Å². The Kier molecular flexibility index (Phi) is 3.39. The summed E-state index contributed by atoms with van der Waals surface area (Å²) in [6.07, 6.45) is 5.12. The smallest absolute Gasteiger partial charge is 0.225 e. The van der Waals surface area contributed by atoms with Crippen molar-refractivity contribution < 1.29 is 4.74 Å². The third-order valence-electron chi connectivity index (χ3n) is 3.56. The molecule has 0 unspecified atom stereocenters. The third-order valence-corrected chi connectivity index (χ3v) is 3.85. The summed E-state index contributed by atoms with van der Waals surface area (Å²) in [6, 6.07) is 0.557. The van der Waals surface area contributed by atoms with Crippen LogP contribution in [0, 0.1) is 10.7 Å². The van der Waals surface area contributed by atoms with Crippen molar-refractivity contribution in [2.24, 2.45) is 5.92 Å². The summed E-state index contributed by atoms with van der Waals surface area (Å²) >= 11 is 5.27. The number of hydrogen-bond acceptors (Lipinski definition) is 4. The van der Waals surface area contributed by atoms with Gasteiger partial charge in [-0.1, -0.05) is 0 Å². The van der Waals surface area contributed by atoms with Crippen molar-refractivity contribution in [2.45, 2.75) is 31.7 Å². The average molecular weight is 268 g/mol. The molecule has 100 valence electrons. The Morgan fingerprint density at radius 3 is 2.89 bits per heavy atom. The highest BCUT2D eigenvalue weighted by molar-refractivity contribution is 7.71. The van der Waals surface area contributed by atoms with Crippen LogP contribution in [-0.4, -0.2) is 41.6 Å². The van der Waals surface area contributed by atoms with E-state index in [-0.39, 0.29) is 0 Å². The van der Waals surface area contributed by atoms with E-state index in [0.717, 1.165) is 36.4 Å². The molecular formula is C12H20N4OS. The lowest BCUT2D eigenvalue weighted by atomic mass is 10.5. The number of nitrogens with one attached hydrogen (secondary N) is 1. The van der Waals surface area contributed by atoms with Crippen LogP contribution in [-0.2, 0) is 4.74 Å². The van der Waals surface area contributed by atoms with Crippen molar-refractivity contribution in [3.63, 3.8) is 0 Å². The summed E-state index contributed by atoms with van der Waals surface area (Å²) in [4.78, 5) is 2.12. The Hall–Kier alpha value is -0.880. The van der Waals surface area contributed by atoms with Crippen LogP contribution in [0.15, 0.2) is 0 Å². The summed E-state index contributed by atoms with van der Waals surface area (Å²) in [7, 11) is 2.05. The molecule has 0 aromatic carbocycles. The minimum Gasteiger partial charge on any atom is -0.379 e. The summed E-state index contributed by atoms with van der Waals surface area (Å²) < 4.78 is 8.53. The van der Waals surface area contributed by atoms with Crippen LogP contribution in [0.4, 0.5) is 5.95 Å². The van der Waals surface area contributed by atoms with Crippen molar-refractivity contribution in [3.8, 4) is 0 Å². The molecule has 1 aromatic heterocycles. The molecule has 0 amide bonds. The molecule has 0 aliphatic heterocycles. The first-order chi connectivity index (χ1) is 8.75. The zero-order chi connectivity index (χ0) is 12.5. The Labute approximate surface area is 112 Å². The normalized spacial score (nSPS) is 19.2. The molecule has 6 heteroatoms. The minimum atomic E-state index is 0.557. The zero-order valence-corrected chi connectivity index (χ0v) is 11.6. The number of nitrogens with zero attached hydrogens (tertiary/aromatic N) is 3. The summed E-state index contributed by atoms with van der Waals surface area (Å²) in [5, 5.41) is 7.21. The maximum absolute atomic E-state index is 5.66. The number of aromatic nitrogens is 3. The maximum Gasteiger partial charge on any atom is 0.225 e. The number of aromatic amines is 1. The number of H-pyrrole nitrogens is 1. The highest BCUT2D eigenvalue weighted by atomic mass is 32.1. The second-order valence-electron chi connectivity index (χ2n) is 5.37. The summed E-state index contributed by atoms with van der Waals surface area (Å²) in [5.74, 6) is 1.77. The van der Waals surface area contributed by atoms with Gasteiger partial charge in [0.15, 0.2) is 4.77 Å². The van der Waals surface area contributed by atoms with Crippen LogP contribution >= 0.6 is 12.2 Å². The van der Waals surface area contributed by atoms with E-state index in [1.54, 1.807) is 0 Å². The van der Waals surface area contributed by atoms with E-state index in [1.165, 1.54) is 25.7 Å². The van der Waals surface area contributed by atoms with E-state index >= 15 is 0 Å². The summed E-state index contributed by atoms with van der Waals surface area (Å²) in [5.41, 5.74) is 0. The van der Waals surface area contributed by atoms with Crippen LogP contribution in [0.5, 0.6) is 0 Å². The third kappa shape index (κ3) is 2.75. The molecule has 1 N–H and O–H groups in total. The minimum absolute atomic E-state index is 0.557. The monoisotopic (exact) mass is 268 g/mol. The largest absolute Gasteiger partial charge is 0.379 e. The molecule has 5 nitrogen and oxygen atoms in total. The highest BCUT2D eigenvalue weighted by Gasteiger charge is 2.28. The molecule has 0 atom stereocenters. The molecule has 1 aromatic rings. The Morgan fingerprint density at radius 1 is 1.44 bits per heavy atom. The lowest BCUT2D eigenvalue weighted by molar-refractivity contribution is 0.130. The zero-order valence-electron chi connectivity index (χ0n) is 10.8. The number of likely N-dealkylation sites (N-methyl/N-ethyl adjacent to an activating group) is 1. The van der Waals surface area contributed by atoms with E-state index in [1.807, 2.05) is 7.05 Å². The van der Waals surface area contributed by atoms with Gasteiger partial charge in [-0.2, -0.15) is 0 Å². The Balaban J connectivity index is 1.54. The first-order valence-electron chi connectivity index (χ1n) is 6.71. The summed E-state index contributed by atoms with van der Waals surface area (Å²) in [6.45, 7) is 2.54. The molecular weight excluding hydrogens is 248 g/mol. The number of hydrogen-bond donors (Lipinski definition) is 1. The standard InChI is InChI=1S/C12H20N4OS/c1-15(6-7-17-8-9-2-3-9)11-13-14-12(18)16(11)10-4-5-10/h9-10H,2-8H2,1H3,(H,14,18). The first-order valence-corrected chi connectivity index (χ1v) is 7.12. The Bertz CT molecular complexity index is 461. The quantitative estimate of drug-likeness (QED) is 0.608. The predicted octanol–water partition coefficient (Wildman–Crippen LogP) is 2.14. The van der Waals surface area contributed by atoms with Gasteiger partial charge in [0.25, 0.3) is 0 Å². The van der Waals surface area contributed by atoms with Crippen molar-refractivity contribution in [2.75, 3.05) is 31.7 Å². The SMILES string of the molecule is CN(CCOCC1CC1)c1n[nH]c(=S)n1C1CC1. The van der Waals surface area contributed by atoms with Crippen molar-refractivity contribution in [1.82, 2.24) is 14.8 Å². The molecule has 3 rings (SSSR count). The molecule has 0 spiro atoms. The van der Waals surface area contributed by atoms with Crippen molar-refractivity contribution >= 4 is 18.2 Å². The van der Waals surface area contributed by atoms with E-state index in [9.17, 15) is 0 Å². The maximum atomic E-state index is 5.66. The van der Waals surface area contributed by atoms with Gasteiger partial charge in [0.1, 0.15) is 0 Å². The van der Waals surface area contributed by atoms with Gasteiger partial charge in [-0.05, 0) is 43.8 Å². The van der Waals surface area contributed by atoms with Crippen LogP contribution in [0.1, 0.15) is 31.7 Å². The van der Waals surface area contributed by atoms with Crippen LogP contribution in [0.25, 0.3) is 0 Å². The number of rotatable bonds is 7. The number of ether oxygens (including phenoxy) is 1. The fraction of sp³-hybridized carbons (Fsp3) is 0.833. The molecule has 18 heavy (non-hydrogen) atoms. The fourth-order valence-electron chi connectivity index (χ4n) is 2.06. The topological polar surface area (TPSA) is 46.1 Å². The second kappa shape index (κ2) is 5.01. The van der Waals surface area contributed by atoms with Gasteiger partial charge < -0.3 is 9.64 Å². The van der Waals surface area contributed by atoms with Gasteiger partial charge in [0.2, 0.25) is 5.95 Å². The molecule has 2 saturated carbocycles. The van der Waals surface area contributed by atoms with E-state index < -0.39 is 0 Å². The number of anilines is 1. The molecule has 0 bridgehead atoms. The van der Waals surface area contributed by atoms with Gasteiger partial charge in [-0.15, -0.1) is 5.10 Å². The van der Waals surface area contributed by atoms with E-state index in [0.29, 0.717) is 6.04 Å². The van der Waals surface area contributed by atoms with Crippen LogP contribution < -0.4 is 4.90 Å². The first kappa shape index (κ1) is 12.2. The predicted molar refractivity (Wildman–Crippen MR) is 72.5 cm³/mol. The molecule has 2 aliphatic carbocycles. The van der Waals surface area contributed by atoms with E-state index in [4.69, 9.17) is 17.0 Å². The van der Waals surface area contributed by atoms with Crippen LogP contribution in [0.3, 0.4) is 0 Å². The molecule has 0 radical (unpaired) electrons. The molecule has 1 heterocycles. The average Bonchev–Trinajstić information content (AvgIpc) is 3.25. The van der Waals surface area contributed by atoms with Gasteiger partial charge in [0.05, 0.1) is 6.61 Å². The molecule has 2 aliphatic rings. The fourth-order valence-corrected chi connectivity index (χ4v) is 2.34. The van der Waals surface area contributed by atoms with Crippen molar-refractivity contribution in [3.05, 3.63) is 4.77 Å². The van der Waals surface area contributed by atoms with E-state index in [2.05, 4.69) is 19.7 Å². The van der Waals surface area contributed by atoms with Crippen LogP contribution in [0.2, 0.25) is 0 Å². The van der Waals surface area contributed by atoms with Gasteiger partial charge in [0, 0.05) is 26.2 Å². The van der Waals surface area contributed by atoms with Gasteiger partial charge in [-0.25, -0.2) is 5.10 Å². The second-order valence-corrected chi connectivity index (χ2v) is 5.76. The molecule has 2 fully saturated rings. The van der Waals surface area contributed by atoms with Gasteiger partial charge >= 0.3 is 0 Å². The van der Waals surface area contributed by atoms with Gasteiger partial charge in [-0.3, -0.25) is 4.57 Å².